The molecule has 0 aliphatic heterocycles. The summed E-state index contributed by atoms with van der Waals surface area (Å²) in [4.78, 5) is 0. The summed E-state index contributed by atoms with van der Waals surface area (Å²) in [6, 6.07) is 36.6. The zero-order chi connectivity index (χ0) is 21.0. The summed E-state index contributed by atoms with van der Waals surface area (Å²) < 4.78 is 0. The van der Waals surface area contributed by atoms with Crippen molar-refractivity contribution in [2.75, 3.05) is 0 Å². The van der Waals surface area contributed by atoms with E-state index in [1.165, 1.54) is 33.0 Å². The van der Waals surface area contributed by atoms with Gasteiger partial charge in [0.15, 0.2) is 0 Å². The van der Waals surface area contributed by atoms with Gasteiger partial charge in [0.25, 0.3) is 0 Å². The smallest absolute Gasteiger partial charge is 0.115 e. The molecule has 0 saturated heterocycles. The van der Waals surface area contributed by atoms with Gasteiger partial charge in [-0.05, 0) is 80.6 Å². The van der Waals surface area contributed by atoms with Gasteiger partial charge in [0.2, 0.25) is 0 Å². The maximum Gasteiger partial charge on any atom is 0.115 e. The molecule has 2 heteroatoms. The van der Waals surface area contributed by atoms with Crippen LogP contribution >= 0.6 is 0 Å². The van der Waals surface area contributed by atoms with Crippen molar-refractivity contribution in [3.8, 4) is 22.6 Å². The number of benzene rings is 5. The summed E-state index contributed by atoms with van der Waals surface area (Å²) in [6.45, 7) is 0. The van der Waals surface area contributed by atoms with E-state index in [1.807, 2.05) is 24.3 Å². The first-order valence-corrected chi connectivity index (χ1v) is 10.4. The van der Waals surface area contributed by atoms with Crippen molar-refractivity contribution >= 4 is 10.8 Å². The quantitative estimate of drug-likeness (QED) is 0.343. The molecule has 0 aromatic heterocycles. The fourth-order valence-electron chi connectivity index (χ4n) is 5.17. The van der Waals surface area contributed by atoms with Crippen molar-refractivity contribution < 1.29 is 10.2 Å². The highest BCUT2D eigenvalue weighted by molar-refractivity contribution is 5.95. The lowest BCUT2D eigenvalue weighted by molar-refractivity contribution is 0.475. The molecule has 1 aliphatic carbocycles. The van der Waals surface area contributed by atoms with Gasteiger partial charge in [-0.1, -0.05) is 72.8 Å². The van der Waals surface area contributed by atoms with Crippen molar-refractivity contribution in [2.24, 2.45) is 0 Å². The maximum absolute atomic E-state index is 9.99. The molecular weight excluding hydrogens is 380 g/mol. The third-order valence-corrected chi connectivity index (χ3v) is 6.51. The fourth-order valence-corrected chi connectivity index (χ4v) is 5.17. The van der Waals surface area contributed by atoms with E-state index in [1.54, 1.807) is 24.3 Å². The van der Waals surface area contributed by atoms with E-state index >= 15 is 0 Å². The van der Waals surface area contributed by atoms with Gasteiger partial charge in [-0.15, -0.1) is 0 Å². The molecule has 2 N–H and O–H groups in total. The Balaban J connectivity index is 1.80. The Morgan fingerprint density at radius 2 is 0.968 bits per heavy atom. The highest BCUT2D eigenvalue weighted by Crippen LogP contribution is 2.57. The van der Waals surface area contributed by atoms with E-state index in [-0.39, 0.29) is 11.5 Å². The molecule has 148 valence electrons. The average Bonchev–Trinajstić information content (AvgIpc) is 3.09. The monoisotopic (exact) mass is 400 g/mol. The number of fused-ring (bicyclic) bond motifs is 4. The predicted molar refractivity (Wildman–Crippen MR) is 125 cm³/mol. The Morgan fingerprint density at radius 1 is 0.452 bits per heavy atom. The van der Waals surface area contributed by atoms with Gasteiger partial charge in [-0.25, -0.2) is 0 Å². The Hall–Kier alpha value is -4.04. The van der Waals surface area contributed by atoms with Crippen LogP contribution in [0.1, 0.15) is 22.3 Å². The van der Waals surface area contributed by atoms with Crippen LogP contribution < -0.4 is 0 Å². The first-order chi connectivity index (χ1) is 15.2. The second-order valence-corrected chi connectivity index (χ2v) is 8.13. The van der Waals surface area contributed by atoms with Crippen LogP contribution in [0.15, 0.2) is 109 Å². The summed E-state index contributed by atoms with van der Waals surface area (Å²) in [5.74, 6) is 0.490. The lowest BCUT2D eigenvalue weighted by Gasteiger charge is -2.34. The van der Waals surface area contributed by atoms with Crippen LogP contribution in [0.5, 0.6) is 11.5 Å². The van der Waals surface area contributed by atoms with Crippen LogP contribution in [-0.2, 0) is 5.41 Å². The summed E-state index contributed by atoms with van der Waals surface area (Å²) in [5, 5.41) is 22.4. The first kappa shape index (κ1) is 17.8. The SMILES string of the molecule is Oc1ccc(C2(c3ccc(O)cc3)c3ccccc3-c3cc4ccccc4cc32)cc1. The molecule has 0 atom stereocenters. The molecule has 0 fully saturated rings. The van der Waals surface area contributed by atoms with Gasteiger partial charge >= 0.3 is 0 Å². The Labute approximate surface area is 180 Å². The molecule has 5 aromatic rings. The van der Waals surface area contributed by atoms with E-state index in [0.29, 0.717) is 0 Å². The number of hydrogen-bond donors (Lipinski definition) is 2. The van der Waals surface area contributed by atoms with Crippen molar-refractivity contribution in [1.82, 2.24) is 0 Å². The van der Waals surface area contributed by atoms with Crippen LogP contribution in [0.4, 0.5) is 0 Å². The molecule has 0 heterocycles. The Bertz CT molecular complexity index is 1390. The molecule has 5 aromatic carbocycles. The number of rotatable bonds is 2. The maximum atomic E-state index is 9.99. The molecular formula is C29H20O2. The average molecular weight is 400 g/mol. The third-order valence-electron chi connectivity index (χ3n) is 6.51. The molecule has 0 spiro atoms. The number of phenolic OH excluding ortho intramolecular Hbond substituents is 2. The second-order valence-electron chi connectivity index (χ2n) is 8.13. The minimum atomic E-state index is -0.544. The Kier molecular flexibility index (Phi) is 3.72. The summed E-state index contributed by atoms with van der Waals surface area (Å²) >= 11 is 0. The highest BCUT2D eigenvalue weighted by Gasteiger charge is 2.46. The van der Waals surface area contributed by atoms with E-state index in [0.717, 1.165) is 11.1 Å². The lowest BCUT2D eigenvalue weighted by Crippen LogP contribution is -2.28. The predicted octanol–water partition coefficient (Wildman–Crippen LogP) is 6.61. The van der Waals surface area contributed by atoms with Crippen molar-refractivity contribution in [1.29, 1.82) is 0 Å². The zero-order valence-electron chi connectivity index (χ0n) is 16.8. The van der Waals surface area contributed by atoms with Crippen LogP contribution in [-0.4, -0.2) is 10.2 Å². The molecule has 0 saturated carbocycles. The standard InChI is InChI=1S/C29H20O2/c30-23-13-9-21(10-14-23)29(22-11-15-24(31)16-12-22)27-8-4-3-7-25(27)26-17-19-5-1-2-6-20(19)18-28(26)29/h1-18,30-31H. The van der Waals surface area contributed by atoms with Crippen LogP contribution in [0.3, 0.4) is 0 Å². The van der Waals surface area contributed by atoms with E-state index in [2.05, 4.69) is 60.7 Å². The minimum absolute atomic E-state index is 0.245. The second kappa shape index (κ2) is 6.48. The van der Waals surface area contributed by atoms with E-state index < -0.39 is 5.41 Å². The summed E-state index contributed by atoms with van der Waals surface area (Å²) in [6.07, 6.45) is 0. The molecule has 0 bridgehead atoms. The molecule has 6 rings (SSSR count). The van der Waals surface area contributed by atoms with E-state index in [4.69, 9.17) is 0 Å². The molecule has 0 unspecified atom stereocenters. The number of hydrogen-bond acceptors (Lipinski definition) is 2. The Morgan fingerprint density at radius 3 is 1.58 bits per heavy atom. The van der Waals surface area contributed by atoms with Crippen LogP contribution in [0.25, 0.3) is 21.9 Å². The zero-order valence-corrected chi connectivity index (χ0v) is 16.8. The van der Waals surface area contributed by atoms with Crippen molar-refractivity contribution in [2.45, 2.75) is 5.41 Å². The molecule has 0 amide bonds. The molecule has 0 radical (unpaired) electrons. The number of phenols is 2. The molecule has 1 aliphatic rings. The van der Waals surface area contributed by atoms with Crippen molar-refractivity contribution in [3.05, 3.63) is 131 Å². The topological polar surface area (TPSA) is 40.5 Å². The van der Waals surface area contributed by atoms with Gasteiger partial charge in [-0.3, -0.25) is 0 Å². The largest absolute Gasteiger partial charge is 0.508 e. The normalized spacial score (nSPS) is 13.7. The van der Waals surface area contributed by atoms with Gasteiger partial charge in [0.05, 0.1) is 5.41 Å². The van der Waals surface area contributed by atoms with Gasteiger partial charge in [-0.2, -0.15) is 0 Å². The van der Waals surface area contributed by atoms with Gasteiger partial charge in [0, 0.05) is 0 Å². The number of aromatic hydroxyl groups is 2. The van der Waals surface area contributed by atoms with Crippen molar-refractivity contribution in [3.63, 3.8) is 0 Å². The third kappa shape index (κ3) is 2.45. The summed E-state index contributed by atoms with van der Waals surface area (Å²) in [7, 11) is 0. The first-order valence-electron chi connectivity index (χ1n) is 10.4. The summed E-state index contributed by atoms with van der Waals surface area (Å²) in [5.41, 5.74) is 6.47. The minimum Gasteiger partial charge on any atom is -0.508 e. The van der Waals surface area contributed by atoms with Gasteiger partial charge < -0.3 is 10.2 Å². The molecule has 31 heavy (non-hydrogen) atoms. The van der Waals surface area contributed by atoms with Crippen LogP contribution in [0, 0.1) is 0 Å². The lowest BCUT2D eigenvalue weighted by atomic mass is 9.67. The molecule has 2 nitrogen and oxygen atoms in total. The van der Waals surface area contributed by atoms with E-state index in [9.17, 15) is 10.2 Å². The highest BCUT2D eigenvalue weighted by atomic mass is 16.3. The van der Waals surface area contributed by atoms with Gasteiger partial charge in [0.1, 0.15) is 11.5 Å². The fraction of sp³-hybridized carbons (Fsp3) is 0.0345. The van der Waals surface area contributed by atoms with Crippen LogP contribution in [0.2, 0.25) is 0 Å².